The summed E-state index contributed by atoms with van der Waals surface area (Å²) in [6.45, 7) is 7.49. The van der Waals surface area contributed by atoms with E-state index in [0.717, 1.165) is 50.0 Å². The van der Waals surface area contributed by atoms with Crippen LogP contribution in [0.2, 0.25) is 0 Å². The van der Waals surface area contributed by atoms with Gasteiger partial charge in [-0.2, -0.15) is 4.37 Å². The number of ether oxygens (including phenoxy) is 3. The Morgan fingerprint density at radius 1 is 0.861 bits per heavy atom. The van der Waals surface area contributed by atoms with E-state index in [9.17, 15) is 4.79 Å². The Hall–Kier alpha value is -1.67. The molecule has 1 atom stereocenters. The Morgan fingerprint density at radius 3 is 2.17 bits per heavy atom. The minimum absolute atomic E-state index is 0.291. The molecule has 0 radical (unpaired) electrons. The average Bonchev–Trinajstić information content (AvgIpc) is 3.35. The fraction of sp³-hybridized carbons (Fsp3) is 0.821. The molecular weight excluding hydrogens is 474 g/mol. The Labute approximate surface area is 223 Å². The summed E-state index contributed by atoms with van der Waals surface area (Å²) >= 11 is 1.19. The molecule has 0 saturated carbocycles. The van der Waals surface area contributed by atoms with Crippen LogP contribution < -0.4 is 4.74 Å². The number of carbonyl (C=O) groups excluding carboxylic acids is 1. The lowest BCUT2D eigenvalue weighted by Gasteiger charge is -2.36. The van der Waals surface area contributed by atoms with Crippen LogP contribution in [0.25, 0.3) is 5.57 Å². The van der Waals surface area contributed by atoms with E-state index in [2.05, 4.69) is 35.7 Å². The van der Waals surface area contributed by atoms with Crippen LogP contribution in [0.1, 0.15) is 116 Å². The van der Waals surface area contributed by atoms with Crippen molar-refractivity contribution >= 4 is 23.5 Å². The van der Waals surface area contributed by atoms with Gasteiger partial charge >= 0.3 is 6.16 Å². The van der Waals surface area contributed by atoms with Gasteiger partial charge in [-0.15, -0.1) is 4.37 Å². The molecule has 7 nitrogen and oxygen atoms in total. The highest BCUT2D eigenvalue weighted by atomic mass is 32.1. The second-order valence-corrected chi connectivity index (χ2v) is 10.9. The normalized spacial score (nSPS) is 17.6. The lowest BCUT2D eigenvalue weighted by molar-refractivity contribution is -0.919. The highest BCUT2D eigenvalue weighted by Gasteiger charge is 2.31. The van der Waals surface area contributed by atoms with E-state index in [4.69, 9.17) is 14.2 Å². The van der Waals surface area contributed by atoms with Crippen LogP contribution >= 0.6 is 11.7 Å². The van der Waals surface area contributed by atoms with Gasteiger partial charge in [0.1, 0.15) is 12.2 Å². The number of carbonyl (C=O) groups is 1. The van der Waals surface area contributed by atoms with Crippen LogP contribution in [0.4, 0.5) is 4.79 Å². The summed E-state index contributed by atoms with van der Waals surface area (Å²) in [5, 5.41) is 0. The summed E-state index contributed by atoms with van der Waals surface area (Å²) in [4.78, 5) is 12.1. The average molecular weight is 525 g/mol. The maximum Gasteiger partial charge on any atom is 0.512 e. The van der Waals surface area contributed by atoms with E-state index in [1.807, 2.05) is 0 Å². The lowest BCUT2D eigenvalue weighted by atomic mass is 10.1. The van der Waals surface area contributed by atoms with Crippen molar-refractivity contribution in [2.45, 2.75) is 110 Å². The predicted octanol–water partition coefficient (Wildman–Crippen LogP) is 7.76. The molecule has 0 amide bonds. The van der Waals surface area contributed by atoms with Gasteiger partial charge in [0.05, 0.1) is 38.5 Å². The fourth-order valence-electron chi connectivity index (χ4n) is 4.55. The first-order valence-electron chi connectivity index (χ1n) is 14.4. The predicted molar refractivity (Wildman–Crippen MR) is 147 cm³/mol. The minimum atomic E-state index is -0.562. The number of quaternary nitrogens is 1. The zero-order chi connectivity index (χ0) is 25.9. The number of nitrogens with zero attached hydrogens (tertiary/aromatic N) is 3. The zero-order valence-corrected chi connectivity index (χ0v) is 23.9. The number of likely N-dealkylation sites (N-methyl/N-ethyl adjacent to an activating group) is 1. The highest BCUT2D eigenvalue weighted by Crippen LogP contribution is 2.30. The van der Waals surface area contributed by atoms with Gasteiger partial charge in [0, 0.05) is 12.0 Å². The third kappa shape index (κ3) is 12.5. The van der Waals surface area contributed by atoms with E-state index in [0.29, 0.717) is 30.3 Å². The van der Waals surface area contributed by atoms with Gasteiger partial charge in [0.25, 0.3) is 5.88 Å². The number of rotatable bonds is 20. The molecule has 8 heteroatoms. The Kier molecular flexibility index (Phi) is 15.7. The molecule has 0 fully saturated rings. The number of hydrogen-bond donors (Lipinski definition) is 0. The molecule has 1 aromatic rings. The van der Waals surface area contributed by atoms with Gasteiger partial charge in [-0.1, -0.05) is 97.0 Å². The second kappa shape index (κ2) is 18.6. The monoisotopic (exact) mass is 524 g/mol. The minimum Gasteiger partial charge on any atom is -0.475 e. The summed E-state index contributed by atoms with van der Waals surface area (Å²) in [6, 6.07) is 0. The second-order valence-electron chi connectivity index (χ2n) is 10.4. The van der Waals surface area contributed by atoms with Gasteiger partial charge in [0.15, 0.2) is 0 Å². The van der Waals surface area contributed by atoms with E-state index >= 15 is 0 Å². The maximum atomic E-state index is 12.1. The van der Waals surface area contributed by atoms with Crippen molar-refractivity contribution < 1.29 is 23.5 Å². The largest absolute Gasteiger partial charge is 0.512 e. The lowest BCUT2D eigenvalue weighted by Crippen LogP contribution is -2.49. The molecule has 1 aliphatic heterocycles. The first-order chi connectivity index (χ1) is 17.6. The van der Waals surface area contributed by atoms with Gasteiger partial charge in [0.2, 0.25) is 6.73 Å². The van der Waals surface area contributed by atoms with E-state index in [-0.39, 0.29) is 0 Å². The summed E-state index contributed by atoms with van der Waals surface area (Å²) in [5.41, 5.74) is 1.95. The highest BCUT2D eigenvalue weighted by molar-refractivity contribution is 6.99. The molecule has 2 rings (SSSR count). The van der Waals surface area contributed by atoms with Crippen LogP contribution in [0.3, 0.4) is 0 Å². The topological polar surface area (TPSA) is 70.5 Å². The van der Waals surface area contributed by atoms with Crippen molar-refractivity contribution in [1.29, 1.82) is 0 Å². The number of aromatic nitrogens is 2. The smallest absolute Gasteiger partial charge is 0.475 e. The standard InChI is InChI=1S/C28H50N3O4S/c1-4-6-8-10-11-12-13-14-15-17-22-34-28(32)35-24-31(3)20-18-19-25(23-31)26-27(30-36-29-26)33-21-16-9-7-5-2/h19H,4-18,20-24H2,1-3H3/q+1. The molecule has 0 aromatic carbocycles. The van der Waals surface area contributed by atoms with Gasteiger partial charge in [-0.3, -0.25) is 4.48 Å². The third-order valence-electron chi connectivity index (χ3n) is 6.82. The molecule has 0 N–H and O–H groups in total. The molecule has 206 valence electrons. The summed E-state index contributed by atoms with van der Waals surface area (Å²) in [5.74, 6) is 0.632. The van der Waals surface area contributed by atoms with Crippen LogP contribution in [0.15, 0.2) is 6.08 Å². The zero-order valence-electron chi connectivity index (χ0n) is 23.1. The van der Waals surface area contributed by atoms with E-state index in [1.165, 1.54) is 82.4 Å². The Bertz CT molecular complexity index is 755. The van der Waals surface area contributed by atoms with Gasteiger partial charge < -0.3 is 14.2 Å². The first kappa shape index (κ1) is 30.6. The molecule has 0 spiro atoms. The molecule has 1 aliphatic rings. The van der Waals surface area contributed by atoms with Crippen molar-refractivity contribution in [3.05, 3.63) is 11.8 Å². The van der Waals surface area contributed by atoms with Crippen molar-refractivity contribution in [3.63, 3.8) is 0 Å². The summed E-state index contributed by atoms with van der Waals surface area (Å²) < 4.78 is 26.2. The van der Waals surface area contributed by atoms with Gasteiger partial charge in [-0.05, 0) is 12.8 Å². The quantitative estimate of drug-likeness (QED) is 0.0986. The summed E-state index contributed by atoms with van der Waals surface area (Å²) in [6.07, 6.45) is 19.8. The van der Waals surface area contributed by atoms with Gasteiger partial charge in [-0.25, -0.2) is 4.79 Å². The molecular formula is C28H50N3O4S+. The van der Waals surface area contributed by atoms with E-state index in [1.54, 1.807) is 0 Å². The fourth-order valence-corrected chi connectivity index (χ4v) is 5.08. The summed E-state index contributed by atoms with van der Waals surface area (Å²) in [7, 11) is 2.10. The third-order valence-corrected chi connectivity index (χ3v) is 7.33. The molecule has 0 saturated heterocycles. The molecule has 0 aliphatic carbocycles. The van der Waals surface area contributed by atoms with Crippen LogP contribution in [0, 0.1) is 0 Å². The molecule has 0 bridgehead atoms. The van der Waals surface area contributed by atoms with Crippen LogP contribution in [-0.4, -0.2) is 59.5 Å². The molecule has 1 aromatic heterocycles. The van der Waals surface area contributed by atoms with Crippen molar-refractivity contribution in [2.75, 3.05) is 40.1 Å². The number of unbranched alkanes of at least 4 members (excludes halogenated alkanes) is 12. The Morgan fingerprint density at radius 2 is 1.47 bits per heavy atom. The van der Waals surface area contributed by atoms with Crippen LogP contribution in [-0.2, 0) is 9.47 Å². The van der Waals surface area contributed by atoms with Crippen molar-refractivity contribution in [2.24, 2.45) is 0 Å². The Balaban J connectivity index is 1.61. The molecule has 1 unspecified atom stereocenters. The first-order valence-corrected chi connectivity index (χ1v) is 15.1. The molecule has 36 heavy (non-hydrogen) atoms. The maximum absolute atomic E-state index is 12.1. The van der Waals surface area contributed by atoms with Crippen molar-refractivity contribution in [1.82, 2.24) is 8.75 Å². The van der Waals surface area contributed by atoms with E-state index < -0.39 is 6.16 Å². The SMILES string of the molecule is CCCCCCCCCCCCOC(=O)OC[N+]1(C)CCC=C(c2nsnc2OCCCCCC)C1. The van der Waals surface area contributed by atoms with Crippen LogP contribution in [0.5, 0.6) is 5.88 Å². The van der Waals surface area contributed by atoms with Crippen molar-refractivity contribution in [3.8, 4) is 5.88 Å². The number of hydrogen-bond acceptors (Lipinski definition) is 7. The molecule has 2 heterocycles.